The lowest BCUT2D eigenvalue weighted by molar-refractivity contribution is -0.121. The van der Waals surface area contributed by atoms with E-state index in [0.29, 0.717) is 0 Å². The van der Waals surface area contributed by atoms with Gasteiger partial charge in [0.05, 0.1) is 17.7 Å². The number of hydrogen-bond acceptors (Lipinski definition) is 5. The normalized spacial score (nSPS) is 15.8. The number of methoxy groups -OCH3 is 1. The molecule has 1 saturated heterocycles. The van der Waals surface area contributed by atoms with Gasteiger partial charge in [-0.05, 0) is 37.6 Å². The van der Waals surface area contributed by atoms with E-state index < -0.39 is 16.1 Å². The number of nitrogens with zero attached hydrogens (tertiary/aromatic N) is 1. The molecule has 148 valence electrons. The van der Waals surface area contributed by atoms with Gasteiger partial charge >= 0.3 is 0 Å². The molecule has 0 bridgehead atoms. The van der Waals surface area contributed by atoms with Gasteiger partial charge in [0, 0.05) is 18.9 Å². The third-order valence-electron chi connectivity index (χ3n) is 4.66. The standard InChI is InChI=1S/C20H22N2O5S/c1-13-4-6-15(7-5-13)14(2)21-28(25,26)16-8-9-18(27-3)17(12-16)22-19(23)10-11-20(22)24/h4-9,12,14,21H,10-11H2,1-3H3. The lowest BCUT2D eigenvalue weighted by Crippen LogP contribution is -2.30. The summed E-state index contributed by atoms with van der Waals surface area (Å²) in [4.78, 5) is 25.1. The van der Waals surface area contributed by atoms with Crippen LogP contribution in [0.5, 0.6) is 5.75 Å². The molecule has 1 aliphatic rings. The first-order chi connectivity index (χ1) is 13.2. The Labute approximate surface area is 164 Å². The van der Waals surface area contributed by atoms with Crippen LogP contribution in [0, 0.1) is 6.92 Å². The molecular weight excluding hydrogens is 380 g/mol. The third-order valence-corrected chi connectivity index (χ3v) is 6.20. The fourth-order valence-corrected chi connectivity index (χ4v) is 4.33. The number of sulfonamides is 1. The van der Waals surface area contributed by atoms with Gasteiger partial charge in [-0.2, -0.15) is 0 Å². The highest BCUT2D eigenvalue weighted by Gasteiger charge is 2.33. The molecular formula is C20H22N2O5S. The van der Waals surface area contributed by atoms with Crippen molar-refractivity contribution in [3.8, 4) is 5.75 Å². The average molecular weight is 402 g/mol. The summed E-state index contributed by atoms with van der Waals surface area (Å²) < 4.78 is 33.6. The number of nitrogens with one attached hydrogen (secondary N) is 1. The molecule has 1 unspecified atom stereocenters. The second kappa shape index (κ2) is 7.73. The van der Waals surface area contributed by atoms with Crippen LogP contribution in [0.4, 0.5) is 5.69 Å². The Balaban J connectivity index is 1.93. The molecule has 1 fully saturated rings. The number of rotatable bonds is 6. The van der Waals surface area contributed by atoms with Crippen molar-refractivity contribution in [2.45, 2.75) is 37.6 Å². The molecule has 7 nitrogen and oxygen atoms in total. The molecule has 0 spiro atoms. The highest BCUT2D eigenvalue weighted by molar-refractivity contribution is 7.89. The van der Waals surface area contributed by atoms with Crippen LogP contribution in [0.25, 0.3) is 0 Å². The monoisotopic (exact) mass is 402 g/mol. The smallest absolute Gasteiger partial charge is 0.241 e. The van der Waals surface area contributed by atoms with E-state index in [4.69, 9.17) is 4.74 Å². The number of anilines is 1. The topological polar surface area (TPSA) is 92.8 Å². The van der Waals surface area contributed by atoms with Crippen molar-refractivity contribution in [2.75, 3.05) is 12.0 Å². The fourth-order valence-electron chi connectivity index (χ4n) is 3.08. The zero-order valence-electron chi connectivity index (χ0n) is 15.9. The number of ether oxygens (including phenoxy) is 1. The van der Waals surface area contributed by atoms with E-state index in [2.05, 4.69) is 4.72 Å². The number of benzene rings is 2. The summed E-state index contributed by atoms with van der Waals surface area (Å²) in [6.07, 6.45) is 0.198. The molecule has 1 atom stereocenters. The van der Waals surface area contributed by atoms with Crippen molar-refractivity contribution >= 4 is 27.5 Å². The van der Waals surface area contributed by atoms with Gasteiger partial charge in [0.2, 0.25) is 21.8 Å². The molecule has 0 aliphatic carbocycles. The van der Waals surface area contributed by atoms with Crippen molar-refractivity contribution in [1.82, 2.24) is 4.72 Å². The first-order valence-corrected chi connectivity index (χ1v) is 10.3. The van der Waals surface area contributed by atoms with Crippen LogP contribution in [0.2, 0.25) is 0 Å². The number of imide groups is 1. The highest BCUT2D eigenvalue weighted by Crippen LogP contribution is 2.34. The molecule has 1 N–H and O–H groups in total. The molecule has 0 saturated carbocycles. The summed E-state index contributed by atoms with van der Waals surface area (Å²) in [5, 5.41) is 0. The van der Waals surface area contributed by atoms with Gasteiger partial charge in [0.1, 0.15) is 5.75 Å². The predicted octanol–water partition coefficient (Wildman–Crippen LogP) is 2.70. The third kappa shape index (κ3) is 3.93. The van der Waals surface area contributed by atoms with E-state index in [1.165, 1.54) is 25.3 Å². The van der Waals surface area contributed by atoms with Gasteiger partial charge in [-0.3, -0.25) is 9.59 Å². The maximum absolute atomic E-state index is 12.9. The minimum Gasteiger partial charge on any atom is -0.495 e. The Morgan fingerprint density at radius 1 is 1.04 bits per heavy atom. The number of aryl methyl sites for hydroxylation is 1. The Hall–Kier alpha value is -2.71. The maximum atomic E-state index is 12.9. The number of amides is 2. The van der Waals surface area contributed by atoms with Gasteiger partial charge in [0.25, 0.3) is 0 Å². The number of hydrogen-bond donors (Lipinski definition) is 1. The van der Waals surface area contributed by atoms with E-state index in [1.54, 1.807) is 6.92 Å². The summed E-state index contributed by atoms with van der Waals surface area (Å²) in [5.74, 6) is -0.494. The van der Waals surface area contributed by atoms with E-state index in [-0.39, 0.29) is 41.0 Å². The van der Waals surface area contributed by atoms with Gasteiger partial charge in [-0.15, -0.1) is 0 Å². The second-order valence-electron chi connectivity index (χ2n) is 6.71. The Morgan fingerprint density at radius 2 is 1.64 bits per heavy atom. The molecule has 2 aromatic carbocycles. The summed E-state index contributed by atoms with van der Waals surface area (Å²) >= 11 is 0. The zero-order valence-corrected chi connectivity index (χ0v) is 16.7. The van der Waals surface area contributed by atoms with E-state index in [9.17, 15) is 18.0 Å². The molecule has 8 heteroatoms. The minimum atomic E-state index is -3.88. The van der Waals surface area contributed by atoms with Crippen LogP contribution in [-0.2, 0) is 19.6 Å². The van der Waals surface area contributed by atoms with Gasteiger partial charge < -0.3 is 4.74 Å². The van der Waals surface area contributed by atoms with Gasteiger partial charge in [0.15, 0.2) is 0 Å². The Bertz CT molecular complexity index is 999. The minimum absolute atomic E-state index is 0.0465. The van der Waals surface area contributed by atoms with E-state index in [0.717, 1.165) is 16.0 Å². The van der Waals surface area contributed by atoms with Crippen LogP contribution in [0.15, 0.2) is 47.4 Å². The lowest BCUT2D eigenvalue weighted by atomic mass is 10.1. The molecule has 0 aromatic heterocycles. The predicted molar refractivity (Wildman–Crippen MR) is 105 cm³/mol. The molecule has 3 rings (SSSR count). The van der Waals surface area contributed by atoms with E-state index in [1.807, 2.05) is 31.2 Å². The molecule has 28 heavy (non-hydrogen) atoms. The summed E-state index contributed by atoms with van der Waals surface area (Å²) in [6.45, 7) is 3.71. The summed E-state index contributed by atoms with van der Waals surface area (Å²) in [6, 6.07) is 11.2. The van der Waals surface area contributed by atoms with Crippen molar-refractivity contribution in [3.63, 3.8) is 0 Å². The van der Waals surface area contributed by atoms with Crippen molar-refractivity contribution in [3.05, 3.63) is 53.6 Å². The Morgan fingerprint density at radius 3 is 2.21 bits per heavy atom. The van der Waals surface area contributed by atoms with Crippen molar-refractivity contribution < 1.29 is 22.7 Å². The lowest BCUT2D eigenvalue weighted by Gasteiger charge is -2.19. The van der Waals surface area contributed by atoms with Gasteiger partial charge in [-0.1, -0.05) is 29.8 Å². The van der Waals surface area contributed by atoms with Gasteiger partial charge in [-0.25, -0.2) is 18.0 Å². The quantitative estimate of drug-likeness (QED) is 0.750. The molecule has 0 radical (unpaired) electrons. The first-order valence-electron chi connectivity index (χ1n) is 8.85. The second-order valence-corrected chi connectivity index (χ2v) is 8.42. The van der Waals surface area contributed by atoms with Crippen LogP contribution >= 0.6 is 0 Å². The summed E-state index contributed by atoms with van der Waals surface area (Å²) in [5.41, 5.74) is 2.05. The SMILES string of the molecule is COc1ccc(S(=O)(=O)NC(C)c2ccc(C)cc2)cc1N1C(=O)CCC1=O. The van der Waals surface area contributed by atoms with Crippen LogP contribution in [0.3, 0.4) is 0 Å². The zero-order chi connectivity index (χ0) is 20.5. The van der Waals surface area contributed by atoms with Crippen molar-refractivity contribution in [2.24, 2.45) is 0 Å². The number of carbonyl (C=O) groups is 2. The van der Waals surface area contributed by atoms with E-state index >= 15 is 0 Å². The maximum Gasteiger partial charge on any atom is 0.241 e. The molecule has 2 aromatic rings. The van der Waals surface area contributed by atoms with Crippen LogP contribution in [0.1, 0.15) is 36.9 Å². The molecule has 1 heterocycles. The summed E-state index contributed by atoms with van der Waals surface area (Å²) in [7, 11) is -2.49. The highest BCUT2D eigenvalue weighted by atomic mass is 32.2. The first kappa shape index (κ1) is 20.0. The fraction of sp³-hybridized carbons (Fsp3) is 0.300. The number of carbonyl (C=O) groups excluding carboxylic acids is 2. The molecule has 2 amide bonds. The van der Waals surface area contributed by atoms with Crippen LogP contribution < -0.4 is 14.4 Å². The average Bonchev–Trinajstić information content (AvgIpc) is 2.99. The Kier molecular flexibility index (Phi) is 5.53. The largest absolute Gasteiger partial charge is 0.495 e. The molecule has 1 aliphatic heterocycles. The van der Waals surface area contributed by atoms with Crippen LogP contribution in [-0.4, -0.2) is 27.3 Å². The van der Waals surface area contributed by atoms with Crippen molar-refractivity contribution in [1.29, 1.82) is 0 Å².